The van der Waals surface area contributed by atoms with Crippen molar-refractivity contribution in [3.63, 3.8) is 0 Å². The molecule has 114 valence electrons. The van der Waals surface area contributed by atoms with E-state index in [2.05, 4.69) is 20.7 Å². The second-order valence-electron chi connectivity index (χ2n) is 4.30. The summed E-state index contributed by atoms with van der Waals surface area (Å²) in [6.07, 6.45) is 0.514. The molecule has 0 bridgehead atoms. The van der Waals surface area contributed by atoms with Gasteiger partial charge in [-0.1, -0.05) is 13.0 Å². The maximum Gasteiger partial charge on any atom is 0.245 e. The molecule has 21 heavy (non-hydrogen) atoms. The first-order chi connectivity index (χ1) is 9.85. The molecule has 1 aromatic carbocycles. The minimum atomic E-state index is -4.11. The standard InChI is InChI=1S/C13H12BrF2NO2S2/c1-2-11(12-4-3-5-20-12)17-21(18,19)13-9(14)6-8(15)7-10(13)16/h3-7,11,17H,2H2,1H3. The first-order valence-corrected chi connectivity index (χ1v) is 9.21. The van der Waals surface area contributed by atoms with Crippen LogP contribution in [0, 0.1) is 11.6 Å². The number of rotatable bonds is 5. The van der Waals surface area contributed by atoms with Crippen LogP contribution in [-0.4, -0.2) is 8.42 Å². The lowest BCUT2D eigenvalue weighted by molar-refractivity contribution is 0.528. The van der Waals surface area contributed by atoms with Gasteiger partial charge in [0.2, 0.25) is 10.0 Å². The van der Waals surface area contributed by atoms with Crippen LogP contribution in [0.2, 0.25) is 0 Å². The topological polar surface area (TPSA) is 46.2 Å². The van der Waals surface area contributed by atoms with Crippen molar-refractivity contribution in [3.05, 3.63) is 50.6 Å². The van der Waals surface area contributed by atoms with Gasteiger partial charge in [0.15, 0.2) is 0 Å². The molecule has 3 nitrogen and oxygen atoms in total. The van der Waals surface area contributed by atoms with E-state index in [-0.39, 0.29) is 4.47 Å². The Hall–Kier alpha value is -0.830. The monoisotopic (exact) mass is 395 g/mol. The van der Waals surface area contributed by atoms with Crippen molar-refractivity contribution in [2.75, 3.05) is 0 Å². The molecule has 2 aromatic rings. The molecule has 1 heterocycles. The molecule has 0 radical (unpaired) electrons. The van der Waals surface area contributed by atoms with Crippen LogP contribution in [0.5, 0.6) is 0 Å². The van der Waals surface area contributed by atoms with E-state index < -0.39 is 32.6 Å². The summed E-state index contributed by atoms with van der Waals surface area (Å²) in [6.45, 7) is 1.82. The maximum absolute atomic E-state index is 13.8. The van der Waals surface area contributed by atoms with E-state index in [1.165, 1.54) is 11.3 Å². The molecule has 1 N–H and O–H groups in total. The summed E-state index contributed by atoms with van der Waals surface area (Å²) >= 11 is 4.31. The second kappa shape index (κ2) is 6.51. The molecule has 0 saturated heterocycles. The van der Waals surface area contributed by atoms with Gasteiger partial charge >= 0.3 is 0 Å². The van der Waals surface area contributed by atoms with Gasteiger partial charge in [-0.2, -0.15) is 0 Å². The number of sulfonamides is 1. The smallest absolute Gasteiger partial charge is 0.207 e. The normalized spacial score (nSPS) is 13.3. The van der Waals surface area contributed by atoms with Crippen molar-refractivity contribution < 1.29 is 17.2 Å². The van der Waals surface area contributed by atoms with Crippen LogP contribution in [0.4, 0.5) is 8.78 Å². The molecule has 2 rings (SSSR count). The molecular formula is C13H12BrF2NO2S2. The highest BCUT2D eigenvalue weighted by Crippen LogP contribution is 2.29. The predicted molar refractivity (Wildman–Crippen MR) is 81.7 cm³/mol. The summed E-state index contributed by atoms with van der Waals surface area (Å²) in [5, 5.41) is 1.83. The molecule has 1 aromatic heterocycles. The third-order valence-corrected chi connectivity index (χ3v) is 6.25. The fraction of sp³-hybridized carbons (Fsp3) is 0.231. The van der Waals surface area contributed by atoms with Crippen molar-refractivity contribution in [2.45, 2.75) is 24.3 Å². The number of benzene rings is 1. The highest BCUT2D eigenvalue weighted by molar-refractivity contribution is 9.10. The van der Waals surface area contributed by atoms with E-state index in [0.29, 0.717) is 12.5 Å². The van der Waals surface area contributed by atoms with E-state index >= 15 is 0 Å². The van der Waals surface area contributed by atoms with Crippen molar-refractivity contribution in [1.29, 1.82) is 0 Å². The first kappa shape index (κ1) is 16.5. The van der Waals surface area contributed by atoms with Gasteiger partial charge in [-0.05, 0) is 39.9 Å². The van der Waals surface area contributed by atoms with Gasteiger partial charge in [0.25, 0.3) is 0 Å². The minimum absolute atomic E-state index is 0.145. The Morgan fingerprint density at radius 2 is 2.10 bits per heavy atom. The van der Waals surface area contributed by atoms with Crippen molar-refractivity contribution in [1.82, 2.24) is 4.72 Å². The molecule has 0 spiro atoms. The van der Waals surface area contributed by atoms with Crippen LogP contribution in [0.25, 0.3) is 0 Å². The molecule has 1 atom stereocenters. The lowest BCUT2D eigenvalue weighted by Crippen LogP contribution is -2.29. The molecule has 0 saturated carbocycles. The van der Waals surface area contributed by atoms with Crippen LogP contribution in [0.1, 0.15) is 24.3 Å². The van der Waals surface area contributed by atoms with Crippen LogP contribution in [-0.2, 0) is 10.0 Å². The predicted octanol–water partition coefficient (Wildman–Crippen LogP) is 4.22. The highest BCUT2D eigenvalue weighted by atomic mass is 79.9. The molecule has 0 amide bonds. The number of nitrogens with one attached hydrogen (secondary N) is 1. The Balaban J connectivity index is 2.39. The Morgan fingerprint density at radius 1 is 1.38 bits per heavy atom. The zero-order valence-electron chi connectivity index (χ0n) is 10.9. The van der Waals surface area contributed by atoms with Crippen molar-refractivity contribution >= 4 is 37.3 Å². The van der Waals surface area contributed by atoms with Crippen molar-refractivity contribution in [3.8, 4) is 0 Å². The van der Waals surface area contributed by atoms with Gasteiger partial charge in [-0.3, -0.25) is 0 Å². The van der Waals surface area contributed by atoms with E-state index in [0.717, 1.165) is 10.9 Å². The Labute approximate surface area is 134 Å². The van der Waals surface area contributed by atoms with Crippen molar-refractivity contribution in [2.24, 2.45) is 0 Å². The molecule has 0 aliphatic carbocycles. The average molecular weight is 396 g/mol. The third-order valence-electron chi connectivity index (χ3n) is 2.82. The summed E-state index contributed by atoms with van der Waals surface area (Å²) < 4.78 is 53.9. The molecular weight excluding hydrogens is 384 g/mol. The fourth-order valence-electron chi connectivity index (χ4n) is 1.86. The SMILES string of the molecule is CCC(NS(=O)(=O)c1c(F)cc(F)cc1Br)c1cccs1. The van der Waals surface area contributed by atoms with Gasteiger partial charge in [-0.25, -0.2) is 21.9 Å². The lowest BCUT2D eigenvalue weighted by atomic mass is 10.2. The largest absolute Gasteiger partial charge is 0.245 e. The Morgan fingerprint density at radius 3 is 2.62 bits per heavy atom. The summed E-state index contributed by atoms with van der Waals surface area (Å²) in [4.78, 5) is 0.249. The van der Waals surface area contributed by atoms with Crippen LogP contribution < -0.4 is 4.72 Å². The summed E-state index contributed by atoms with van der Waals surface area (Å²) in [7, 11) is -4.11. The summed E-state index contributed by atoms with van der Waals surface area (Å²) in [6, 6.07) is 4.63. The second-order valence-corrected chi connectivity index (χ2v) is 7.78. The third kappa shape index (κ3) is 3.68. The molecule has 0 aliphatic heterocycles. The first-order valence-electron chi connectivity index (χ1n) is 6.05. The number of thiophene rings is 1. The Bertz CT molecular complexity index is 710. The van der Waals surface area contributed by atoms with E-state index in [1.807, 2.05) is 18.4 Å². The molecule has 8 heteroatoms. The minimum Gasteiger partial charge on any atom is -0.207 e. The van der Waals surface area contributed by atoms with Crippen LogP contribution >= 0.6 is 27.3 Å². The van der Waals surface area contributed by atoms with E-state index in [9.17, 15) is 17.2 Å². The van der Waals surface area contributed by atoms with Gasteiger partial charge in [0.05, 0.1) is 6.04 Å². The van der Waals surface area contributed by atoms with Gasteiger partial charge < -0.3 is 0 Å². The van der Waals surface area contributed by atoms with Crippen LogP contribution in [0.15, 0.2) is 39.0 Å². The number of hydrogen-bond acceptors (Lipinski definition) is 3. The van der Waals surface area contributed by atoms with Crippen LogP contribution in [0.3, 0.4) is 0 Å². The van der Waals surface area contributed by atoms with Gasteiger partial charge in [0, 0.05) is 15.4 Å². The lowest BCUT2D eigenvalue weighted by Gasteiger charge is -2.17. The molecule has 0 aliphatic rings. The highest BCUT2D eigenvalue weighted by Gasteiger charge is 2.27. The molecule has 0 fully saturated rings. The zero-order valence-corrected chi connectivity index (χ0v) is 14.2. The number of halogens is 3. The Kier molecular flexibility index (Phi) is 5.13. The summed E-state index contributed by atoms with van der Waals surface area (Å²) in [5.74, 6) is -1.97. The summed E-state index contributed by atoms with van der Waals surface area (Å²) in [5.41, 5.74) is 0. The van der Waals surface area contributed by atoms with E-state index in [4.69, 9.17) is 0 Å². The average Bonchev–Trinajstić information content (AvgIpc) is 2.87. The maximum atomic E-state index is 13.8. The molecule has 1 unspecified atom stereocenters. The fourth-order valence-corrected chi connectivity index (χ4v) is 5.26. The zero-order chi connectivity index (χ0) is 15.6. The van der Waals surface area contributed by atoms with Gasteiger partial charge in [-0.15, -0.1) is 11.3 Å². The van der Waals surface area contributed by atoms with Gasteiger partial charge in [0.1, 0.15) is 16.5 Å². The van der Waals surface area contributed by atoms with E-state index in [1.54, 1.807) is 6.07 Å². The number of hydrogen-bond donors (Lipinski definition) is 1. The quantitative estimate of drug-likeness (QED) is 0.823.